The number of nitrogen functional groups attached to an aromatic ring is 1. The van der Waals surface area contributed by atoms with Gasteiger partial charge in [-0.25, -0.2) is 10.2 Å². The van der Waals surface area contributed by atoms with Crippen LogP contribution in [-0.4, -0.2) is 15.7 Å². The SMILES string of the molecule is Cn1nc(-c2ccc(F)cc2)cc1C(=O)NN. The highest BCUT2D eigenvalue weighted by Gasteiger charge is 2.12. The minimum atomic E-state index is -0.423. The van der Waals surface area contributed by atoms with Gasteiger partial charge in [0.1, 0.15) is 11.5 Å². The molecule has 0 aliphatic carbocycles. The molecule has 0 radical (unpaired) electrons. The summed E-state index contributed by atoms with van der Waals surface area (Å²) in [7, 11) is 1.64. The van der Waals surface area contributed by atoms with Crippen molar-refractivity contribution >= 4 is 5.91 Å². The molecule has 2 rings (SSSR count). The van der Waals surface area contributed by atoms with Gasteiger partial charge in [-0.05, 0) is 30.3 Å². The van der Waals surface area contributed by atoms with Gasteiger partial charge in [-0.2, -0.15) is 5.10 Å². The summed E-state index contributed by atoms with van der Waals surface area (Å²) < 4.78 is 14.2. The van der Waals surface area contributed by atoms with Gasteiger partial charge in [0.2, 0.25) is 0 Å². The molecule has 0 aliphatic heterocycles. The molecule has 5 nitrogen and oxygen atoms in total. The quantitative estimate of drug-likeness (QED) is 0.459. The van der Waals surface area contributed by atoms with Gasteiger partial charge in [0.25, 0.3) is 5.91 Å². The maximum Gasteiger partial charge on any atom is 0.283 e. The molecule has 1 aromatic carbocycles. The highest BCUT2D eigenvalue weighted by Crippen LogP contribution is 2.18. The van der Waals surface area contributed by atoms with E-state index in [1.54, 1.807) is 25.2 Å². The molecule has 1 amide bonds. The summed E-state index contributed by atoms with van der Waals surface area (Å²) in [5.41, 5.74) is 3.70. The van der Waals surface area contributed by atoms with Crippen LogP contribution in [0.1, 0.15) is 10.5 Å². The number of nitrogens with zero attached hydrogens (tertiary/aromatic N) is 2. The van der Waals surface area contributed by atoms with Crippen LogP contribution in [0.25, 0.3) is 11.3 Å². The maximum atomic E-state index is 12.8. The van der Waals surface area contributed by atoms with Gasteiger partial charge in [-0.1, -0.05) is 0 Å². The summed E-state index contributed by atoms with van der Waals surface area (Å²) in [6.45, 7) is 0. The van der Waals surface area contributed by atoms with Crippen molar-refractivity contribution in [3.63, 3.8) is 0 Å². The largest absolute Gasteiger partial charge is 0.289 e. The Morgan fingerprint density at radius 1 is 1.41 bits per heavy atom. The lowest BCUT2D eigenvalue weighted by Crippen LogP contribution is -2.31. The summed E-state index contributed by atoms with van der Waals surface area (Å²) in [6, 6.07) is 7.47. The first-order valence-electron chi connectivity index (χ1n) is 4.92. The smallest absolute Gasteiger partial charge is 0.283 e. The van der Waals surface area contributed by atoms with Gasteiger partial charge in [-0.3, -0.25) is 14.9 Å². The molecular weight excluding hydrogens is 223 g/mol. The van der Waals surface area contributed by atoms with Crippen LogP contribution in [0.5, 0.6) is 0 Å². The van der Waals surface area contributed by atoms with E-state index < -0.39 is 5.91 Å². The van der Waals surface area contributed by atoms with Crippen LogP contribution in [0, 0.1) is 5.82 Å². The summed E-state index contributed by atoms with van der Waals surface area (Å²) in [5.74, 6) is 4.31. The fourth-order valence-electron chi connectivity index (χ4n) is 1.52. The number of aromatic nitrogens is 2. The third-order valence-electron chi connectivity index (χ3n) is 2.38. The number of hydrogen-bond donors (Lipinski definition) is 2. The molecule has 1 aromatic heterocycles. The Morgan fingerprint density at radius 3 is 2.65 bits per heavy atom. The number of hydrogen-bond acceptors (Lipinski definition) is 3. The first kappa shape index (κ1) is 11.3. The fourth-order valence-corrected chi connectivity index (χ4v) is 1.52. The first-order valence-corrected chi connectivity index (χ1v) is 4.92. The molecule has 0 fully saturated rings. The Kier molecular flexibility index (Phi) is 2.88. The molecule has 0 saturated carbocycles. The Bertz CT molecular complexity index is 547. The average Bonchev–Trinajstić information content (AvgIpc) is 2.71. The number of carbonyl (C=O) groups excluding carboxylic acids is 1. The number of rotatable bonds is 2. The standard InChI is InChI=1S/C11H11FN4O/c1-16-10(11(17)14-13)6-9(15-16)7-2-4-8(12)5-3-7/h2-6H,13H2,1H3,(H,14,17). The monoisotopic (exact) mass is 234 g/mol. The van der Waals surface area contributed by atoms with E-state index in [1.807, 2.05) is 5.43 Å². The number of nitrogens with one attached hydrogen (secondary N) is 1. The topological polar surface area (TPSA) is 72.9 Å². The van der Waals surface area contributed by atoms with Crippen molar-refractivity contribution in [1.82, 2.24) is 15.2 Å². The minimum Gasteiger partial charge on any atom is -0.289 e. The molecule has 0 atom stereocenters. The Morgan fingerprint density at radius 2 is 2.06 bits per heavy atom. The van der Waals surface area contributed by atoms with E-state index >= 15 is 0 Å². The highest BCUT2D eigenvalue weighted by atomic mass is 19.1. The second kappa shape index (κ2) is 4.34. The zero-order valence-corrected chi connectivity index (χ0v) is 9.14. The number of nitrogens with two attached hydrogens (primary N) is 1. The van der Waals surface area contributed by atoms with E-state index in [9.17, 15) is 9.18 Å². The van der Waals surface area contributed by atoms with E-state index in [0.717, 1.165) is 5.56 Å². The molecule has 0 unspecified atom stereocenters. The van der Waals surface area contributed by atoms with Crippen LogP contribution in [-0.2, 0) is 7.05 Å². The van der Waals surface area contributed by atoms with E-state index in [2.05, 4.69) is 5.10 Å². The van der Waals surface area contributed by atoms with Crippen molar-refractivity contribution in [2.24, 2.45) is 12.9 Å². The highest BCUT2D eigenvalue weighted by molar-refractivity contribution is 5.93. The van der Waals surface area contributed by atoms with Crippen molar-refractivity contribution < 1.29 is 9.18 Å². The molecule has 0 spiro atoms. The van der Waals surface area contributed by atoms with E-state index in [4.69, 9.17) is 5.84 Å². The second-order valence-corrected chi connectivity index (χ2v) is 3.52. The van der Waals surface area contributed by atoms with Gasteiger partial charge in [-0.15, -0.1) is 0 Å². The zero-order valence-electron chi connectivity index (χ0n) is 9.14. The Balaban J connectivity index is 2.41. The fraction of sp³-hybridized carbons (Fsp3) is 0.0909. The minimum absolute atomic E-state index is 0.315. The average molecular weight is 234 g/mol. The molecule has 0 saturated heterocycles. The van der Waals surface area contributed by atoms with Crippen LogP contribution < -0.4 is 11.3 Å². The van der Waals surface area contributed by atoms with Gasteiger partial charge < -0.3 is 0 Å². The van der Waals surface area contributed by atoms with Crippen molar-refractivity contribution in [3.8, 4) is 11.3 Å². The number of amides is 1. The van der Waals surface area contributed by atoms with Gasteiger partial charge >= 0.3 is 0 Å². The molecule has 6 heteroatoms. The maximum absolute atomic E-state index is 12.8. The lowest BCUT2D eigenvalue weighted by atomic mass is 10.1. The van der Waals surface area contributed by atoms with Crippen molar-refractivity contribution in [2.45, 2.75) is 0 Å². The number of hydrazine groups is 1. The molecular formula is C11H11FN4O. The van der Waals surface area contributed by atoms with Gasteiger partial charge in [0, 0.05) is 12.6 Å². The molecule has 17 heavy (non-hydrogen) atoms. The first-order chi connectivity index (χ1) is 8.11. The summed E-state index contributed by atoms with van der Waals surface area (Å²) in [5, 5.41) is 4.16. The van der Waals surface area contributed by atoms with E-state index in [1.165, 1.54) is 16.8 Å². The second-order valence-electron chi connectivity index (χ2n) is 3.52. The van der Waals surface area contributed by atoms with Crippen LogP contribution in [0.3, 0.4) is 0 Å². The van der Waals surface area contributed by atoms with Crippen LogP contribution in [0.4, 0.5) is 4.39 Å². The molecule has 0 aliphatic rings. The van der Waals surface area contributed by atoms with E-state index in [-0.39, 0.29) is 5.82 Å². The lowest BCUT2D eigenvalue weighted by molar-refractivity contribution is 0.0944. The molecule has 3 N–H and O–H groups in total. The van der Waals surface area contributed by atoms with Crippen LogP contribution in [0.2, 0.25) is 0 Å². The normalized spacial score (nSPS) is 10.3. The van der Waals surface area contributed by atoms with Crippen LogP contribution >= 0.6 is 0 Å². The Labute approximate surface area is 97.0 Å². The van der Waals surface area contributed by atoms with Gasteiger partial charge in [0.05, 0.1) is 5.69 Å². The van der Waals surface area contributed by atoms with E-state index in [0.29, 0.717) is 11.4 Å². The van der Waals surface area contributed by atoms with Crippen molar-refractivity contribution in [2.75, 3.05) is 0 Å². The summed E-state index contributed by atoms with van der Waals surface area (Å²) in [6.07, 6.45) is 0. The number of halogens is 1. The van der Waals surface area contributed by atoms with Crippen LogP contribution in [0.15, 0.2) is 30.3 Å². The summed E-state index contributed by atoms with van der Waals surface area (Å²) in [4.78, 5) is 11.4. The third-order valence-corrected chi connectivity index (χ3v) is 2.38. The van der Waals surface area contributed by atoms with Gasteiger partial charge in [0.15, 0.2) is 0 Å². The van der Waals surface area contributed by atoms with Crippen molar-refractivity contribution in [3.05, 3.63) is 41.8 Å². The molecule has 0 bridgehead atoms. The number of carbonyl (C=O) groups is 1. The predicted molar refractivity (Wildman–Crippen MR) is 60.3 cm³/mol. The summed E-state index contributed by atoms with van der Waals surface area (Å²) >= 11 is 0. The molecule has 1 heterocycles. The third kappa shape index (κ3) is 2.16. The number of aryl methyl sites for hydroxylation is 1. The molecule has 88 valence electrons. The molecule has 2 aromatic rings. The zero-order chi connectivity index (χ0) is 12.4. The number of benzene rings is 1. The predicted octanol–water partition coefficient (Wildman–Crippen LogP) is 0.830. The Hall–Kier alpha value is -2.21. The van der Waals surface area contributed by atoms with Crippen molar-refractivity contribution in [1.29, 1.82) is 0 Å². The lowest BCUT2D eigenvalue weighted by Gasteiger charge is -1.97.